The van der Waals surface area contributed by atoms with E-state index in [0.29, 0.717) is 5.56 Å². The standard InChI is InChI=1S/C15H12N2O3/c18-15-9-12(10-5-1-3-7-13(10)16-15)11-6-2-4-8-14(11)17(19)20/h1-8,12H,9H2,(H,16,18)/t12-/m1/s1. The normalized spacial score (nSPS) is 17.2. The number of para-hydroxylation sites is 2. The zero-order valence-corrected chi connectivity index (χ0v) is 10.6. The number of carbonyl (C=O) groups excluding carboxylic acids is 1. The number of nitrogens with zero attached hydrogens (tertiary/aromatic N) is 1. The van der Waals surface area contributed by atoms with Crippen LogP contribution in [0.4, 0.5) is 11.4 Å². The maximum Gasteiger partial charge on any atom is 0.273 e. The van der Waals surface area contributed by atoms with Crippen molar-refractivity contribution in [3.8, 4) is 0 Å². The largest absolute Gasteiger partial charge is 0.326 e. The van der Waals surface area contributed by atoms with Crippen molar-refractivity contribution < 1.29 is 9.72 Å². The molecule has 5 nitrogen and oxygen atoms in total. The lowest BCUT2D eigenvalue weighted by molar-refractivity contribution is -0.385. The van der Waals surface area contributed by atoms with Crippen molar-refractivity contribution in [3.63, 3.8) is 0 Å². The smallest absolute Gasteiger partial charge is 0.273 e. The van der Waals surface area contributed by atoms with E-state index < -0.39 is 4.92 Å². The lowest BCUT2D eigenvalue weighted by Crippen LogP contribution is -2.23. The molecule has 1 atom stereocenters. The van der Waals surface area contributed by atoms with Gasteiger partial charge in [-0.05, 0) is 11.6 Å². The summed E-state index contributed by atoms with van der Waals surface area (Å²) in [5.41, 5.74) is 2.29. The van der Waals surface area contributed by atoms with Gasteiger partial charge >= 0.3 is 0 Å². The van der Waals surface area contributed by atoms with E-state index in [1.54, 1.807) is 18.2 Å². The maximum absolute atomic E-state index is 11.8. The molecule has 3 rings (SSSR count). The van der Waals surface area contributed by atoms with Crippen molar-refractivity contribution in [3.05, 3.63) is 69.8 Å². The summed E-state index contributed by atoms with van der Waals surface area (Å²) >= 11 is 0. The van der Waals surface area contributed by atoms with Gasteiger partial charge in [-0.3, -0.25) is 14.9 Å². The van der Waals surface area contributed by atoms with Gasteiger partial charge in [-0.25, -0.2) is 0 Å². The number of amides is 1. The van der Waals surface area contributed by atoms with Crippen molar-refractivity contribution in [1.29, 1.82) is 0 Å². The quantitative estimate of drug-likeness (QED) is 0.672. The van der Waals surface area contributed by atoms with Crippen LogP contribution >= 0.6 is 0 Å². The van der Waals surface area contributed by atoms with Crippen LogP contribution in [-0.4, -0.2) is 10.8 Å². The third-order valence-electron chi connectivity index (χ3n) is 3.51. The van der Waals surface area contributed by atoms with Gasteiger partial charge in [-0.1, -0.05) is 36.4 Å². The summed E-state index contributed by atoms with van der Waals surface area (Å²) in [6.07, 6.45) is 0.224. The monoisotopic (exact) mass is 268 g/mol. The van der Waals surface area contributed by atoms with Crippen LogP contribution < -0.4 is 5.32 Å². The van der Waals surface area contributed by atoms with Crippen LogP contribution in [0, 0.1) is 10.1 Å². The molecule has 2 aromatic carbocycles. The highest BCUT2D eigenvalue weighted by Gasteiger charge is 2.30. The number of nitrogens with one attached hydrogen (secondary N) is 1. The highest BCUT2D eigenvalue weighted by Crippen LogP contribution is 2.40. The first kappa shape index (κ1) is 12.3. The van der Waals surface area contributed by atoms with Gasteiger partial charge < -0.3 is 5.32 Å². The number of rotatable bonds is 2. The summed E-state index contributed by atoms with van der Waals surface area (Å²) in [4.78, 5) is 22.6. The molecule has 100 valence electrons. The summed E-state index contributed by atoms with van der Waals surface area (Å²) in [6.45, 7) is 0. The molecule has 0 radical (unpaired) electrons. The molecular formula is C15H12N2O3. The molecule has 0 aromatic heterocycles. The van der Waals surface area contributed by atoms with Gasteiger partial charge in [0.2, 0.25) is 5.91 Å². The number of carbonyl (C=O) groups is 1. The van der Waals surface area contributed by atoms with Crippen LogP contribution in [0.2, 0.25) is 0 Å². The van der Waals surface area contributed by atoms with Crippen molar-refractivity contribution >= 4 is 17.3 Å². The van der Waals surface area contributed by atoms with Crippen LogP contribution in [0.25, 0.3) is 0 Å². The molecule has 0 fully saturated rings. The SMILES string of the molecule is O=C1C[C@@H](c2ccccc2[N+](=O)[O-])c2ccccc2N1. The molecule has 1 aliphatic rings. The van der Waals surface area contributed by atoms with E-state index in [9.17, 15) is 14.9 Å². The van der Waals surface area contributed by atoms with Gasteiger partial charge in [0.05, 0.1) is 4.92 Å². The van der Waals surface area contributed by atoms with Crippen molar-refractivity contribution in [2.24, 2.45) is 0 Å². The fraction of sp³-hybridized carbons (Fsp3) is 0.133. The molecule has 0 unspecified atom stereocenters. The third kappa shape index (κ3) is 2.03. The Bertz CT molecular complexity index is 697. The van der Waals surface area contributed by atoms with Crippen molar-refractivity contribution in [1.82, 2.24) is 0 Å². The van der Waals surface area contributed by atoms with Gasteiger partial charge in [0.15, 0.2) is 0 Å². The van der Waals surface area contributed by atoms with Crippen LogP contribution in [0.1, 0.15) is 23.5 Å². The first-order valence-electron chi connectivity index (χ1n) is 6.29. The molecule has 0 aliphatic carbocycles. The van der Waals surface area contributed by atoms with Crippen LogP contribution in [0.15, 0.2) is 48.5 Å². The lowest BCUT2D eigenvalue weighted by Gasteiger charge is -2.25. The van der Waals surface area contributed by atoms with E-state index in [4.69, 9.17) is 0 Å². The first-order valence-corrected chi connectivity index (χ1v) is 6.29. The van der Waals surface area contributed by atoms with E-state index in [2.05, 4.69) is 5.32 Å². The topological polar surface area (TPSA) is 72.2 Å². The van der Waals surface area contributed by atoms with Crippen molar-refractivity contribution in [2.45, 2.75) is 12.3 Å². The Morgan fingerprint density at radius 2 is 1.70 bits per heavy atom. The average molecular weight is 268 g/mol. The highest BCUT2D eigenvalue weighted by molar-refractivity contribution is 5.95. The van der Waals surface area contributed by atoms with E-state index in [1.165, 1.54) is 6.07 Å². The van der Waals surface area contributed by atoms with Crippen molar-refractivity contribution in [2.75, 3.05) is 5.32 Å². The first-order chi connectivity index (χ1) is 9.66. The Kier molecular flexibility index (Phi) is 2.95. The van der Waals surface area contributed by atoms with E-state index >= 15 is 0 Å². The predicted molar refractivity (Wildman–Crippen MR) is 74.6 cm³/mol. The van der Waals surface area contributed by atoms with Crippen LogP contribution in [0.5, 0.6) is 0 Å². The minimum absolute atomic E-state index is 0.0574. The Morgan fingerprint density at radius 3 is 2.45 bits per heavy atom. The lowest BCUT2D eigenvalue weighted by atomic mass is 9.84. The number of hydrogen-bond donors (Lipinski definition) is 1. The second-order valence-corrected chi connectivity index (χ2v) is 4.71. The second kappa shape index (κ2) is 4.77. The van der Waals surface area contributed by atoms with E-state index in [-0.39, 0.29) is 23.9 Å². The second-order valence-electron chi connectivity index (χ2n) is 4.71. The number of nitro groups is 1. The molecule has 0 bridgehead atoms. The molecule has 0 saturated heterocycles. The summed E-state index contributed by atoms with van der Waals surface area (Å²) in [7, 11) is 0. The molecular weight excluding hydrogens is 256 g/mol. The molecule has 20 heavy (non-hydrogen) atoms. The van der Waals surface area contributed by atoms with Gasteiger partial charge in [0.1, 0.15) is 0 Å². The minimum Gasteiger partial charge on any atom is -0.326 e. The number of nitro benzene ring substituents is 1. The van der Waals surface area contributed by atoms with Gasteiger partial charge in [-0.2, -0.15) is 0 Å². The predicted octanol–water partition coefficient (Wildman–Crippen LogP) is 3.07. The number of benzene rings is 2. The Labute approximate surface area is 115 Å². The number of fused-ring (bicyclic) bond motifs is 1. The third-order valence-corrected chi connectivity index (χ3v) is 3.51. The van der Waals surface area contributed by atoms with Crippen LogP contribution in [-0.2, 0) is 4.79 Å². The van der Waals surface area contributed by atoms with Crippen LogP contribution in [0.3, 0.4) is 0 Å². The molecule has 1 amide bonds. The van der Waals surface area contributed by atoms with E-state index in [1.807, 2.05) is 24.3 Å². The van der Waals surface area contributed by atoms with Gasteiger partial charge in [0, 0.05) is 29.7 Å². The molecule has 2 aromatic rings. The fourth-order valence-electron chi connectivity index (χ4n) is 2.64. The Hall–Kier alpha value is -2.69. The Morgan fingerprint density at radius 1 is 1.05 bits per heavy atom. The number of hydrogen-bond acceptors (Lipinski definition) is 3. The van der Waals surface area contributed by atoms with E-state index in [0.717, 1.165) is 11.3 Å². The highest BCUT2D eigenvalue weighted by atomic mass is 16.6. The fourth-order valence-corrected chi connectivity index (χ4v) is 2.64. The summed E-state index contributed by atoms with van der Waals surface area (Å²) < 4.78 is 0. The average Bonchev–Trinajstić information content (AvgIpc) is 2.46. The van der Waals surface area contributed by atoms with Gasteiger partial charge in [-0.15, -0.1) is 0 Å². The molecule has 1 N–H and O–H groups in total. The molecule has 1 aliphatic heterocycles. The van der Waals surface area contributed by atoms with Gasteiger partial charge in [0.25, 0.3) is 5.69 Å². The summed E-state index contributed by atoms with van der Waals surface area (Å²) in [5.74, 6) is -0.395. The maximum atomic E-state index is 11.8. The molecule has 0 spiro atoms. The zero-order valence-electron chi connectivity index (χ0n) is 10.6. The molecule has 1 heterocycles. The Balaban J connectivity index is 2.16. The minimum atomic E-state index is -0.398. The summed E-state index contributed by atoms with van der Waals surface area (Å²) in [6, 6.07) is 14.0. The molecule has 5 heteroatoms. The summed E-state index contributed by atoms with van der Waals surface area (Å²) in [5, 5.41) is 14.0. The zero-order chi connectivity index (χ0) is 14.1. The number of anilines is 1. The molecule has 0 saturated carbocycles.